The van der Waals surface area contributed by atoms with E-state index in [4.69, 9.17) is 10.8 Å². The third-order valence-electron chi connectivity index (χ3n) is 2.87. The zero-order chi connectivity index (χ0) is 11.0. The van der Waals surface area contributed by atoms with E-state index in [2.05, 4.69) is 5.10 Å². The van der Waals surface area contributed by atoms with Gasteiger partial charge in [-0.15, -0.1) is 0 Å². The summed E-state index contributed by atoms with van der Waals surface area (Å²) in [5.41, 5.74) is 8.93. The lowest BCUT2D eigenvalue weighted by Crippen LogP contribution is -2.20. The average molecular weight is 209 g/mol. The molecule has 0 spiro atoms. The summed E-state index contributed by atoms with van der Waals surface area (Å²) < 4.78 is 1.58. The highest BCUT2D eigenvalue weighted by Gasteiger charge is 2.24. The van der Waals surface area contributed by atoms with Crippen LogP contribution in [0.4, 0.5) is 0 Å². The van der Waals surface area contributed by atoms with Crippen LogP contribution in [0.15, 0.2) is 0 Å². The van der Waals surface area contributed by atoms with Crippen molar-refractivity contribution in [2.75, 3.05) is 0 Å². The van der Waals surface area contributed by atoms with Gasteiger partial charge in [-0.3, -0.25) is 9.48 Å². The van der Waals surface area contributed by atoms with Gasteiger partial charge in [0, 0.05) is 17.3 Å². The Kier molecular flexibility index (Phi) is 2.48. The maximum absolute atomic E-state index is 10.7. The van der Waals surface area contributed by atoms with E-state index in [-0.39, 0.29) is 12.6 Å². The Morgan fingerprint density at radius 3 is 3.13 bits per heavy atom. The molecule has 0 saturated heterocycles. The second-order valence-electron chi connectivity index (χ2n) is 4.00. The molecule has 82 valence electrons. The minimum absolute atomic E-state index is 0.0243. The standard InChI is InChI=1S/C10H15N3O2/c1-6-10-7(11)3-2-4-8(10)13(12-6)5-9(14)15/h7H,2-5,11H2,1H3,(H,14,15). The number of hydrogen-bond donors (Lipinski definition) is 2. The van der Waals surface area contributed by atoms with E-state index in [1.54, 1.807) is 4.68 Å². The van der Waals surface area contributed by atoms with Gasteiger partial charge in [0.25, 0.3) is 0 Å². The van der Waals surface area contributed by atoms with Gasteiger partial charge >= 0.3 is 5.97 Å². The number of nitrogens with zero attached hydrogens (tertiary/aromatic N) is 2. The molecule has 3 N–H and O–H groups in total. The largest absolute Gasteiger partial charge is 0.480 e. The fraction of sp³-hybridized carbons (Fsp3) is 0.600. The first-order valence-corrected chi connectivity index (χ1v) is 5.13. The summed E-state index contributed by atoms with van der Waals surface area (Å²) in [7, 11) is 0. The normalized spacial score (nSPS) is 20.0. The molecule has 1 atom stereocenters. The van der Waals surface area contributed by atoms with Gasteiger partial charge in [0.2, 0.25) is 0 Å². The summed E-state index contributed by atoms with van der Waals surface area (Å²) in [5.74, 6) is -0.862. The second kappa shape index (κ2) is 3.66. The number of hydrogen-bond acceptors (Lipinski definition) is 3. The van der Waals surface area contributed by atoms with E-state index in [0.29, 0.717) is 0 Å². The molecule has 2 rings (SSSR count). The summed E-state index contributed by atoms with van der Waals surface area (Å²) >= 11 is 0. The number of carbonyl (C=O) groups is 1. The first-order valence-electron chi connectivity index (χ1n) is 5.13. The number of fused-ring (bicyclic) bond motifs is 1. The van der Waals surface area contributed by atoms with Crippen LogP contribution in [0.3, 0.4) is 0 Å². The maximum Gasteiger partial charge on any atom is 0.325 e. The zero-order valence-corrected chi connectivity index (χ0v) is 8.73. The van der Waals surface area contributed by atoms with Crippen molar-refractivity contribution in [1.29, 1.82) is 0 Å². The van der Waals surface area contributed by atoms with Crippen LogP contribution in [0.1, 0.15) is 35.8 Å². The summed E-state index contributed by atoms with van der Waals surface area (Å²) in [6.45, 7) is 1.82. The summed E-state index contributed by atoms with van der Waals surface area (Å²) in [6, 6.07) is 0.0243. The molecule has 0 radical (unpaired) electrons. The number of nitrogens with two attached hydrogens (primary N) is 1. The fourth-order valence-electron chi connectivity index (χ4n) is 2.28. The number of aryl methyl sites for hydroxylation is 1. The molecular formula is C10H15N3O2. The van der Waals surface area contributed by atoms with Crippen molar-refractivity contribution < 1.29 is 9.90 Å². The smallest absolute Gasteiger partial charge is 0.325 e. The van der Waals surface area contributed by atoms with E-state index < -0.39 is 5.97 Å². The third kappa shape index (κ3) is 1.74. The van der Waals surface area contributed by atoms with E-state index in [9.17, 15) is 4.79 Å². The van der Waals surface area contributed by atoms with Crippen LogP contribution >= 0.6 is 0 Å². The summed E-state index contributed by atoms with van der Waals surface area (Å²) in [5, 5.41) is 13.0. The Morgan fingerprint density at radius 2 is 2.47 bits per heavy atom. The highest BCUT2D eigenvalue weighted by Crippen LogP contribution is 2.30. The summed E-state index contributed by atoms with van der Waals surface area (Å²) in [6.07, 6.45) is 2.86. The van der Waals surface area contributed by atoms with Crippen LogP contribution in [0.25, 0.3) is 0 Å². The molecule has 5 nitrogen and oxygen atoms in total. The van der Waals surface area contributed by atoms with Crippen LogP contribution in [0.5, 0.6) is 0 Å². The Balaban J connectivity index is 2.41. The minimum Gasteiger partial charge on any atom is -0.480 e. The van der Waals surface area contributed by atoms with Crippen molar-refractivity contribution in [2.45, 2.75) is 38.8 Å². The summed E-state index contributed by atoms with van der Waals surface area (Å²) in [4.78, 5) is 10.7. The lowest BCUT2D eigenvalue weighted by atomic mass is 9.92. The molecule has 0 fully saturated rings. The number of carboxylic acids is 1. The first-order chi connectivity index (χ1) is 7.09. The van der Waals surface area contributed by atoms with Gasteiger partial charge in [-0.1, -0.05) is 0 Å². The lowest BCUT2D eigenvalue weighted by Gasteiger charge is -2.19. The molecule has 0 aromatic carbocycles. The Labute approximate surface area is 87.9 Å². The van der Waals surface area contributed by atoms with Crippen LogP contribution in [-0.2, 0) is 17.8 Å². The van der Waals surface area contributed by atoms with Crippen LogP contribution in [0.2, 0.25) is 0 Å². The molecular weight excluding hydrogens is 194 g/mol. The Morgan fingerprint density at radius 1 is 1.73 bits per heavy atom. The topological polar surface area (TPSA) is 81.1 Å². The predicted octanol–water partition coefficient (Wildman–Crippen LogP) is 0.612. The monoisotopic (exact) mass is 209 g/mol. The number of rotatable bonds is 2. The molecule has 1 aromatic heterocycles. The predicted molar refractivity (Wildman–Crippen MR) is 54.5 cm³/mol. The SMILES string of the molecule is Cc1nn(CC(=O)O)c2c1C(N)CCC2. The second-order valence-corrected chi connectivity index (χ2v) is 4.00. The lowest BCUT2D eigenvalue weighted by molar-refractivity contribution is -0.137. The van der Waals surface area contributed by atoms with Crippen LogP contribution in [0, 0.1) is 6.92 Å². The van der Waals surface area contributed by atoms with Crippen molar-refractivity contribution in [2.24, 2.45) is 5.73 Å². The van der Waals surface area contributed by atoms with Gasteiger partial charge in [0.05, 0.1) is 5.69 Å². The van der Waals surface area contributed by atoms with Crippen molar-refractivity contribution in [1.82, 2.24) is 9.78 Å². The molecule has 0 bridgehead atoms. The number of aliphatic carboxylic acids is 1. The number of aromatic nitrogens is 2. The molecule has 1 aromatic rings. The molecule has 15 heavy (non-hydrogen) atoms. The zero-order valence-electron chi connectivity index (χ0n) is 8.73. The van der Waals surface area contributed by atoms with Gasteiger partial charge < -0.3 is 10.8 Å². The van der Waals surface area contributed by atoms with Crippen molar-refractivity contribution in [3.05, 3.63) is 17.0 Å². The van der Waals surface area contributed by atoms with E-state index in [0.717, 1.165) is 36.2 Å². The highest BCUT2D eigenvalue weighted by molar-refractivity contribution is 5.66. The van der Waals surface area contributed by atoms with Crippen molar-refractivity contribution >= 4 is 5.97 Å². The Bertz CT molecular complexity index is 398. The van der Waals surface area contributed by atoms with Crippen molar-refractivity contribution in [3.8, 4) is 0 Å². The first kappa shape index (κ1) is 10.2. The van der Waals surface area contributed by atoms with Crippen LogP contribution in [-0.4, -0.2) is 20.9 Å². The molecule has 0 amide bonds. The van der Waals surface area contributed by atoms with Gasteiger partial charge in [-0.2, -0.15) is 5.10 Å². The van der Waals surface area contributed by atoms with E-state index in [1.165, 1.54) is 0 Å². The molecule has 0 saturated carbocycles. The molecule has 1 aliphatic carbocycles. The number of carboxylic acid groups (broad SMARTS) is 1. The van der Waals surface area contributed by atoms with Gasteiger partial charge in [0.1, 0.15) is 6.54 Å². The van der Waals surface area contributed by atoms with Crippen molar-refractivity contribution in [3.63, 3.8) is 0 Å². The molecule has 5 heteroatoms. The maximum atomic E-state index is 10.7. The third-order valence-corrected chi connectivity index (χ3v) is 2.87. The Hall–Kier alpha value is -1.36. The minimum atomic E-state index is -0.862. The quantitative estimate of drug-likeness (QED) is 0.747. The van der Waals surface area contributed by atoms with E-state index in [1.807, 2.05) is 6.92 Å². The fourth-order valence-corrected chi connectivity index (χ4v) is 2.28. The average Bonchev–Trinajstić information content (AvgIpc) is 2.44. The molecule has 1 heterocycles. The van der Waals surface area contributed by atoms with Gasteiger partial charge in [-0.25, -0.2) is 0 Å². The van der Waals surface area contributed by atoms with Gasteiger partial charge in [-0.05, 0) is 26.2 Å². The van der Waals surface area contributed by atoms with Gasteiger partial charge in [0.15, 0.2) is 0 Å². The van der Waals surface area contributed by atoms with E-state index >= 15 is 0 Å². The molecule has 1 unspecified atom stereocenters. The molecule has 0 aliphatic heterocycles. The highest BCUT2D eigenvalue weighted by atomic mass is 16.4. The van der Waals surface area contributed by atoms with Crippen LogP contribution < -0.4 is 5.73 Å². The molecule has 1 aliphatic rings.